The molecule has 0 radical (unpaired) electrons. The van der Waals surface area contributed by atoms with Crippen LogP contribution in [0.3, 0.4) is 0 Å². The average molecular weight is 177 g/mol. The van der Waals surface area contributed by atoms with E-state index >= 15 is 0 Å². The van der Waals surface area contributed by atoms with Crippen LogP contribution in [0.2, 0.25) is 0 Å². The lowest BCUT2D eigenvalue weighted by Crippen LogP contribution is -1.95. The first-order valence-corrected chi connectivity index (χ1v) is 3.96. The minimum atomic E-state index is 0.0858. The molecule has 1 aromatic rings. The molecule has 0 amide bonds. The molecule has 68 valence electrons. The molecule has 0 fully saturated rings. The monoisotopic (exact) mass is 177 g/mol. The topological polar surface area (TPSA) is 58.0 Å². The molecule has 13 heavy (non-hydrogen) atoms. The van der Waals surface area contributed by atoms with Crippen molar-refractivity contribution in [3.05, 3.63) is 18.0 Å². The van der Waals surface area contributed by atoms with Gasteiger partial charge in [0.15, 0.2) is 0 Å². The van der Waals surface area contributed by atoms with E-state index in [1.807, 2.05) is 0 Å². The van der Waals surface area contributed by atoms with Gasteiger partial charge in [0.25, 0.3) is 0 Å². The van der Waals surface area contributed by atoms with E-state index in [0.717, 1.165) is 5.56 Å². The third-order valence-corrected chi connectivity index (χ3v) is 1.34. The van der Waals surface area contributed by atoms with Gasteiger partial charge in [-0.3, -0.25) is 0 Å². The lowest BCUT2D eigenvalue weighted by Gasteiger charge is -1.95. The van der Waals surface area contributed by atoms with E-state index in [2.05, 4.69) is 27.1 Å². The molecule has 0 saturated heterocycles. The number of anilines is 1. The molecule has 1 aromatic heterocycles. The van der Waals surface area contributed by atoms with Crippen LogP contribution in [0.5, 0.6) is 0 Å². The second kappa shape index (κ2) is 5.12. The molecule has 0 unspecified atom stereocenters. The van der Waals surface area contributed by atoms with Crippen molar-refractivity contribution in [3.8, 4) is 11.8 Å². The van der Waals surface area contributed by atoms with E-state index in [9.17, 15) is 0 Å². The van der Waals surface area contributed by atoms with Crippen LogP contribution in [0.15, 0.2) is 12.4 Å². The average Bonchev–Trinajstić information content (AvgIpc) is 2.19. The summed E-state index contributed by atoms with van der Waals surface area (Å²) in [5.41, 5.74) is 0.757. The molecule has 0 aliphatic heterocycles. The summed E-state index contributed by atoms with van der Waals surface area (Å²) in [6.07, 6.45) is 3.76. The Morgan fingerprint density at radius 1 is 1.46 bits per heavy atom. The van der Waals surface area contributed by atoms with Crippen LogP contribution in [0.1, 0.15) is 12.0 Å². The molecule has 1 rings (SSSR count). The van der Waals surface area contributed by atoms with E-state index in [4.69, 9.17) is 5.11 Å². The summed E-state index contributed by atoms with van der Waals surface area (Å²) in [4.78, 5) is 7.98. The lowest BCUT2D eigenvalue weighted by molar-refractivity contribution is 0.305. The second-order valence-electron chi connectivity index (χ2n) is 2.32. The van der Waals surface area contributed by atoms with Gasteiger partial charge in [0, 0.05) is 25.9 Å². The number of hydrogen-bond acceptors (Lipinski definition) is 4. The number of nitrogens with one attached hydrogen (secondary N) is 1. The maximum Gasteiger partial charge on any atom is 0.222 e. The van der Waals surface area contributed by atoms with Gasteiger partial charge in [-0.15, -0.1) is 0 Å². The molecule has 0 atom stereocenters. The van der Waals surface area contributed by atoms with Crippen LogP contribution in [0.4, 0.5) is 5.95 Å². The number of hydrogen-bond donors (Lipinski definition) is 2. The molecule has 0 saturated carbocycles. The molecule has 0 aromatic carbocycles. The zero-order valence-electron chi connectivity index (χ0n) is 7.41. The molecule has 4 heteroatoms. The quantitative estimate of drug-likeness (QED) is 0.636. The van der Waals surface area contributed by atoms with E-state index < -0.39 is 0 Å². The summed E-state index contributed by atoms with van der Waals surface area (Å²) >= 11 is 0. The zero-order valence-corrected chi connectivity index (χ0v) is 7.41. The molecule has 4 nitrogen and oxygen atoms in total. The van der Waals surface area contributed by atoms with Crippen molar-refractivity contribution < 1.29 is 5.11 Å². The number of rotatable bonds is 2. The van der Waals surface area contributed by atoms with Gasteiger partial charge in [-0.05, 0) is 0 Å². The molecular weight excluding hydrogens is 166 g/mol. The molecule has 0 aliphatic rings. The summed E-state index contributed by atoms with van der Waals surface area (Å²) in [6, 6.07) is 0. The van der Waals surface area contributed by atoms with Gasteiger partial charge < -0.3 is 10.4 Å². The van der Waals surface area contributed by atoms with Gasteiger partial charge in [-0.25, -0.2) is 9.97 Å². The Morgan fingerprint density at radius 2 is 2.15 bits per heavy atom. The Balaban J connectivity index is 2.65. The van der Waals surface area contributed by atoms with Gasteiger partial charge in [0.1, 0.15) is 0 Å². The minimum Gasteiger partial charge on any atom is -0.395 e. The van der Waals surface area contributed by atoms with Crippen molar-refractivity contribution in [1.82, 2.24) is 9.97 Å². The third-order valence-electron chi connectivity index (χ3n) is 1.34. The number of aromatic nitrogens is 2. The highest BCUT2D eigenvalue weighted by molar-refractivity contribution is 5.33. The first kappa shape index (κ1) is 9.49. The molecule has 0 bridgehead atoms. The fraction of sp³-hybridized carbons (Fsp3) is 0.333. The Labute approximate surface area is 77.0 Å². The Bertz CT molecular complexity index is 310. The predicted molar refractivity (Wildman–Crippen MR) is 50.2 cm³/mol. The highest BCUT2D eigenvalue weighted by Gasteiger charge is 1.90. The zero-order chi connectivity index (χ0) is 9.52. The minimum absolute atomic E-state index is 0.0858. The van der Waals surface area contributed by atoms with E-state index in [1.54, 1.807) is 19.4 Å². The van der Waals surface area contributed by atoms with Crippen LogP contribution in [0.25, 0.3) is 0 Å². The maximum absolute atomic E-state index is 8.48. The van der Waals surface area contributed by atoms with Crippen molar-refractivity contribution >= 4 is 5.95 Å². The second-order valence-corrected chi connectivity index (χ2v) is 2.32. The fourth-order valence-electron chi connectivity index (χ4n) is 0.742. The number of aliphatic hydroxyl groups is 1. The van der Waals surface area contributed by atoms with Gasteiger partial charge in [-0.2, -0.15) is 0 Å². The third kappa shape index (κ3) is 3.09. The smallest absolute Gasteiger partial charge is 0.222 e. The van der Waals surface area contributed by atoms with Crippen molar-refractivity contribution in [2.45, 2.75) is 6.42 Å². The Kier molecular flexibility index (Phi) is 3.74. The van der Waals surface area contributed by atoms with Gasteiger partial charge >= 0.3 is 0 Å². The largest absolute Gasteiger partial charge is 0.395 e. The maximum atomic E-state index is 8.48. The van der Waals surface area contributed by atoms with Crippen LogP contribution in [0, 0.1) is 11.8 Å². The highest BCUT2D eigenvalue weighted by atomic mass is 16.2. The molecule has 0 spiro atoms. The molecule has 1 heterocycles. The van der Waals surface area contributed by atoms with E-state index in [0.29, 0.717) is 12.4 Å². The van der Waals surface area contributed by atoms with Gasteiger partial charge in [0.05, 0.1) is 12.2 Å². The van der Waals surface area contributed by atoms with Crippen molar-refractivity contribution in [3.63, 3.8) is 0 Å². The standard InChI is InChI=1S/C9H11N3O/c1-10-9-11-6-8(7-12-9)4-2-3-5-13/h6-7,13H,3,5H2,1H3,(H,10,11,12). The summed E-state index contributed by atoms with van der Waals surface area (Å²) in [5.74, 6) is 6.20. The van der Waals surface area contributed by atoms with E-state index in [1.165, 1.54) is 0 Å². The SMILES string of the molecule is CNc1ncc(C#CCCO)cn1. The van der Waals surface area contributed by atoms with Crippen LogP contribution in [-0.2, 0) is 0 Å². The van der Waals surface area contributed by atoms with Crippen molar-refractivity contribution in [1.29, 1.82) is 0 Å². The summed E-state index contributed by atoms with van der Waals surface area (Å²) in [7, 11) is 1.76. The molecule has 0 aliphatic carbocycles. The van der Waals surface area contributed by atoms with Crippen LogP contribution < -0.4 is 5.32 Å². The van der Waals surface area contributed by atoms with E-state index in [-0.39, 0.29) is 6.61 Å². The van der Waals surface area contributed by atoms with Crippen molar-refractivity contribution in [2.75, 3.05) is 19.0 Å². The van der Waals surface area contributed by atoms with Crippen LogP contribution >= 0.6 is 0 Å². The number of nitrogens with zero attached hydrogens (tertiary/aromatic N) is 2. The first-order valence-electron chi connectivity index (χ1n) is 3.96. The molecular formula is C9H11N3O. The fourth-order valence-corrected chi connectivity index (χ4v) is 0.742. The summed E-state index contributed by atoms with van der Waals surface area (Å²) < 4.78 is 0. The first-order chi connectivity index (χ1) is 6.36. The Hall–Kier alpha value is -1.60. The normalized spacial score (nSPS) is 8.77. The highest BCUT2D eigenvalue weighted by Crippen LogP contribution is 1.96. The summed E-state index contributed by atoms with van der Waals surface area (Å²) in [5, 5.41) is 11.3. The van der Waals surface area contributed by atoms with Gasteiger partial charge in [-0.1, -0.05) is 11.8 Å². The summed E-state index contributed by atoms with van der Waals surface area (Å²) in [6.45, 7) is 0.0858. The van der Waals surface area contributed by atoms with Crippen molar-refractivity contribution in [2.24, 2.45) is 0 Å². The Morgan fingerprint density at radius 3 is 2.69 bits per heavy atom. The predicted octanol–water partition coefficient (Wildman–Crippen LogP) is 0.252. The van der Waals surface area contributed by atoms with Crippen LogP contribution in [-0.4, -0.2) is 28.7 Å². The van der Waals surface area contributed by atoms with Gasteiger partial charge in [0.2, 0.25) is 5.95 Å². The number of aliphatic hydroxyl groups excluding tert-OH is 1. The molecule has 2 N–H and O–H groups in total. The lowest BCUT2D eigenvalue weighted by atomic mass is 10.3.